The van der Waals surface area contributed by atoms with Crippen molar-refractivity contribution in [2.75, 3.05) is 19.6 Å². The second-order valence-corrected chi connectivity index (χ2v) is 15.1. The molecule has 2 aliphatic rings. The molecule has 2 aliphatic heterocycles. The summed E-state index contributed by atoms with van der Waals surface area (Å²) in [5.41, 5.74) is 14.5. The van der Waals surface area contributed by atoms with E-state index in [1.165, 1.54) is 6.92 Å². The van der Waals surface area contributed by atoms with Crippen molar-refractivity contribution in [1.29, 1.82) is 0 Å². The molecule has 2 fully saturated rings. The van der Waals surface area contributed by atoms with Gasteiger partial charge in [0, 0.05) is 0 Å². The number of fused-ring (bicyclic) bond motifs is 1. The number of ketones is 1. The first-order valence-corrected chi connectivity index (χ1v) is 20.5. The molecule has 0 bridgehead atoms. The zero-order chi connectivity index (χ0) is 34.9. The molecule has 4 amide bonds. The van der Waals surface area contributed by atoms with Gasteiger partial charge in [0.1, 0.15) is 0 Å². The number of rotatable bonds is 17. The van der Waals surface area contributed by atoms with Gasteiger partial charge in [-0.25, -0.2) is 0 Å². The van der Waals surface area contributed by atoms with Gasteiger partial charge in [0.25, 0.3) is 0 Å². The van der Waals surface area contributed by atoms with Gasteiger partial charge in [-0.1, -0.05) is 7.43 Å². The first-order chi connectivity index (χ1) is 22.5. The number of Topliss-reactive ketones (excluding diaryl/α,β-unsaturated/α-hetero) is 1. The zero-order valence-corrected chi connectivity index (χ0v) is 32.4. The Morgan fingerprint density at radius 2 is 1.96 bits per heavy atom. The number of piperidine rings is 1. The quantitative estimate of drug-likeness (QED) is 0.0238. The van der Waals surface area contributed by atoms with Crippen molar-refractivity contribution in [1.82, 2.24) is 31.0 Å². The number of azide groups is 1. The molecule has 1 unspecified atom stereocenters. The Balaban J connectivity index is 0.0000115. The molecular weight excluding hydrogens is 772 g/mol. The molecule has 2 saturated heterocycles. The maximum Gasteiger partial charge on any atom is -0.197 e. The van der Waals surface area contributed by atoms with Crippen LogP contribution in [0.2, 0.25) is 0 Å². The summed E-state index contributed by atoms with van der Waals surface area (Å²) in [5.74, 6) is -3.62. The van der Waals surface area contributed by atoms with Crippen molar-refractivity contribution in [3.05, 3.63) is 10.4 Å². The van der Waals surface area contributed by atoms with Crippen LogP contribution in [0.3, 0.4) is 0 Å². The van der Waals surface area contributed by atoms with E-state index in [9.17, 15) is 28.8 Å². The van der Waals surface area contributed by atoms with Gasteiger partial charge in [0.15, 0.2) is 5.96 Å². The van der Waals surface area contributed by atoms with Gasteiger partial charge < -0.3 is 10.8 Å². The van der Waals surface area contributed by atoms with E-state index in [1.54, 1.807) is 4.90 Å². The van der Waals surface area contributed by atoms with Crippen LogP contribution in [0.15, 0.2) is 10.1 Å². The van der Waals surface area contributed by atoms with E-state index >= 15 is 0 Å². The standard InChI is InChI=1S/C23H35N11O7P6.CH4.H2S/c1-11(35)7-15(22(40)41-46-43)29-17(36)10-27-19(37)14(3-2-6-26-23(24)31-42)30-20(38)16-5-4-13-8-12(9-28-33-25)18(32-45-47-44)21(39)34(13)16;;/h12-16,18,32H,2-10,42H2,1H3,(H5-,24,26,27,29,30,31,36,37,38);1H4;1H2/p+1/t12-,13-,14-,15-,16-,18+;;/m0../s1. The van der Waals surface area contributed by atoms with E-state index in [0.717, 1.165) is 0 Å². The summed E-state index contributed by atoms with van der Waals surface area (Å²) in [6.45, 7) is 1.72. The van der Waals surface area contributed by atoms with Gasteiger partial charge in [-0.2, -0.15) is 13.5 Å². The predicted molar refractivity (Wildman–Crippen MR) is 201 cm³/mol. The molecule has 0 aliphatic carbocycles. The van der Waals surface area contributed by atoms with E-state index in [1.807, 2.05) is 0 Å². The maximum atomic E-state index is 13.6. The minimum atomic E-state index is -1.27. The normalized spacial score (nSPS) is 20.8. The fourth-order valence-corrected chi connectivity index (χ4v) is 7.35. The summed E-state index contributed by atoms with van der Waals surface area (Å²) in [6, 6.07) is -4.16. The Morgan fingerprint density at radius 1 is 1.24 bits per heavy atom. The van der Waals surface area contributed by atoms with Crippen LogP contribution in [0.25, 0.3) is 10.4 Å². The molecule has 0 spiro atoms. The summed E-state index contributed by atoms with van der Waals surface area (Å²) < 4.78 is 4.75. The van der Waals surface area contributed by atoms with Crippen LogP contribution in [0.1, 0.15) is 52.9 Å². The van der Waals surface area contributed by atoms with Gasteiger partial charge in [0.05, 0.1) is 0 Å². The molecular formula is C24H42N11O7P6S+. The number of carbonyl (C=O) groups excluding carboxylic acids is 6. The van der Waals surface area contributed by atoms with Gasteiger partial charge in [-0.05, 0) is 9.39 Å². The largest absolute Gasteiger partial charge is 0.197 e. The molecule has 2 heterocycles. The van der Waals surface area contributed by atoms with Crippen molar-refractivity contribution in [2.24, 2.45) is 21.8 Å². The third-order valence-electron chi connectivity index (χ3n) is 7.37. The number of nitrogens with zero attached hydrogens (tertiary/aromatic N) is 5. The average Bonchev–Trinajstić information content (AvgIpc) is 3.47. The predicted octanol–water partition coefficient (Wildman–Crippen LogP) is 2.70. The van der Waals surface area contributed by atoms with Crippen LogP contribution < -0.4 is 31.9 Å². The number of nitrogens with two attached hydrogens (primary N) is 1. The average molecular weight is 815 g/mol. The van der Waals surface area contributed by atoms with E-state index in [2.05, 4.69) is 67.2 Å². The summed E-state index contributed by atoms with van der Waals surface area (Å²) in [5, 5.41) is 16.9. The van der Waals surface area contributed by atoms with Crippen LogP contribution in [0.5, 0.6) is 0 Å². The van der Waals surface area contributed by atoms with E-state index in [-0.39, 0.29) is 84.4 Å². The fraction of sp³-hybridized carbons (Fsp3) is 0.708. The van der Waals surface area contributed by atoms with E-state index < -0.39 is 54.4 Å². The van der Waals surface area contributed by atoms with Gasteiger partial charge >= 0.3 is 251 Å². The summed E-state index contributed by atoms with van der Waals surface area (Å²) in [6.07, 6.45) is 1.58. The third kappa shape index (κ3) is 15.6. The first kappa shape index (κ1) is 47.4. The Morgan fingerprint density at radius 3 is 2.57 bits per heavy atom. The number of nitrogens with one attached hydrogen (secondary N) is 5. The Kier molecular flexibility index (Phi) is 24.5. The zero-order valence-electron chi connectivity index (χ0n) is 25.8. The first-order valence-electron chi connectivity index (χ1n) is 14.3. The SMILES string of the molecule is C.CC(=O)C[C@H](NC(=O)CNC(=O)[C@H](CCCN=C(N)NP)NC(=O)[C@@H]1CC[C@H]2C[C@@H](CN=[N+]=[N-])[C@@H](NP=P#P)C(=O)N21)C(=O)O[P+]#P.S. The maximum absolute atomic E-state index is 13.6. The molecule has 18 nitrogen and oxygen atoms in total. The Bertz CT molecular complexity index is 1450. The molecule has 0 aromatic heterocycles. The molecule has 0 saturated carbocycles. The molecule has 270 valence electrons. The molecule has 0 radical (unpaired) electrons. The number of carbonyl (C=O) groups is 6. The third-order valence-corrected chi connectivity index (χ3v) is 10.1. The summed E-state index contributed by atoms with van der Waals surface area (Å²) in [7, 11) is 10.8. The molecule has 25 heteroatoms. The van der Waals surface area contributed by atoms with E-state index in [0.29, 0.717) is 40.7 Å². The number of amides is 4. The Hall–Kier alpha value is -1.64. The van der Waals surface area contributed by atoms with Crippen LogP contribution in [0.4, 0.5) is 0 Å². The van der Waals surface area contributed by atoms with Crippen molar-refractivity contribution < 1.29 is 33.3 Å². The van der Waals surface area contributed by atoms with Crippen LogP contribution in [-0.4, -0.2) is 96.1 Å². The Labute approximate surface area is 302 Å². The fourth-order valence-electron chi connectivity index (χ4n) is 5.32. The second kappa shape index (κ2) is 25.3. The van der Waals surface area contributed by atoms with Crippen molar-refractivity contribution in [3.8, 4) is 0 Å². The van der Waals surface area contributed by atoms with E-state index in [4.69, 9.17) is 15.8 Å². The number of hydrogen-bond acceptors (Lipinski definition) is 9. The van der Waals surface area contributed by atoms with Crippen molar-refractivity contribution >= 4 is 104 Å². The van der Waals surface area contributed by atoms with Gasteiger partial charge in [0.2, 0.25) is 0 Å². The number of guanidine groups is 1. The van der Waals surface area contributed by atoms with Gasteiger partial charge in [-0.3, -0.25) is 4.99 Å². The summed E-state index contributed by atoms with van der Waals surface area (Å²) in [4.78, 5) is 85.3. The second-order valence-electron chi connectivity index (χ2n) is 10.5. The molecule has 0 aromatic carbocycles. The number of aliphatic imine (C=N–C) groups is 1. The molecule has 7 N–H and O–H groups in total. The smallest absolute Gasteiger partial charge is 0.197 e. The molecule has 0 aromatic rings. The van der Waals surface area contributed by atoms with Crippen LogP contribution in [0, 0.1) is 5.92 Å². The topological polar surface area (TPSA) is 262 Å². The molecule has 2 rings (SSSR count). The van der Waals surface area contributed by atoms with Crippen molar-refractivity contribution in [2.45, 2.75) is 83.1 Å². The van der Waals surface area contributed by atoms with Crippen molar-refractivity contribution in [3.63, 3.8) is 0 Å². The monoisotopic (exact) mass is 814 g/mol. The number of hydrogen-bond donors (Lipinski definition) is 6. The minimum absolute atomic E-state index is 0. The van der Waals surface area contributed by atoms with Gasteiger partial charge in [-0.15, -0.1) is 0 Å². The molecule has 49 heavy (non-hydrogen) atoms. The summed E-state index contributed by atoms with van der Waals surface area (Å²) >= 11 is 0. The molecule has 7 atom stereocenters. The van der Waals surface area contributed by atoms with Crippen LogP contribution >= 0.6 is 62.5 Å². The minimum Gasteiger partial charge on any atom is -0.197 e. The van der Waals surface area contributed by atoms with Crippen LogP contribution in [-0.2, 0) is 33.3 Å².